The number of carbonyl (C=O) groups excluding carboxylic acids is 1. The van der Waals surface area contributed by atoms with Crippen molar-refractivity contribution in [3.05, 3.63) is 12.4 Å². The van der Waals surface area contributed by atoms with Crippen molar-refractivity contribution in [2.24, 2.45) is 4.99 Å². The van der Waals surface area contributed by atoms with E-state index in [1.165, 1.54) is 154 Å². The van der Waals surface area contributed by atoms with Crippen LogP contribution >= 0.6 is 0 Å². The number of quaternary nitrogens is 1. The summed E-state index contributed by atoms with van der Waals surface area (Å²) in [6.45, 7) is 4.57. The number of hydrogen-bond donors (Lipinski definition) is 0. The standard InChI is InChI=1S/C35H67N2O/c1-4-6-8-10-12-14-16-17-18-19-20-21-22-24-26-28-30-34-36-32-33-37(34,3)35(38)31-29-27-25-23-15-13-11-9-7-5-2/h32-33H,4-31H2,1-3H3/q+1. The largest absolute Gasteiger partial charge is 0.324 e. The van der Waals surface area contributed by atoms with Crippen LogP contribution in [0.4, 0.5) is 0 Å². The van der Waals surface area contributed by atoms with Crippen LogP contribution in [0, 0.1) is 0 Å². The Kier molecular flexibility index (Phi) is 23.1. The Balaban J connectivity index is 1.97. The van der Waals surface area contributed by atoms with Crippen LogP contribution in [0.5, 0.6) is 0 Å². The normalized spacial score (nSPS) is 16.9. The van der Waals surface area contributed by atoms with Gasteiger partial charge in [-0.15, -0.1) is 0 Å². The maximum absolute atomic E-state index is 13.0. The molecule has 0 aromatic rings. The van der Waals surface area contributed by atoms with E-state index in [-0.39, 0.29) is 0 Å². The molecular weight excluding hydrogens is 464 g/mol. The van der Waals surface area contributed by atoms with Crippen molar-refractivity contribution < 1.29 is 9.28 Å². The van der Waals surface area contributed by atoms with Crippen molar-refractivity contribution in [2.45, 2.75) is 194 Å². The van der Waals surface area contributed by atoms with E-state index in [4.69, 9.17) is 0 Å². The third-order valence-corrected chi connectivity index (χ3v) is 8.64. The first-order valence-electron chi connectivity index (χ1n) is 17.3. The van der Waals surface area contributed by atoms with Crippen molar-refractivity contribution in [3.63, 3.8) is 0 Å². The predicted molar refractivity (Wildman–Crippen MR) is 168 cm³/mol. The highest BCUT2D eigenvalue weighted by atomic mass is 16.2. The minimum atomic E-state index is 0.327. The molecule has 0 spiro atoms. The van der Waals surface area contributed by atoms with Crippen molar-refractivity contribution >= 4 is 11.7 Å². The minimum Gasteiger partial charge on any atom is -0.230 e. The number of rotatable bonds is 28. The predicted octanol–water partition coefficient (Wildman–Crippen LogP) is 11.8. The van der Waals surface area contributed by atoms with Crippen LogP contribution in [0.2, 0.25) is 0 Å². The van der Waals surface area contributed by atoms with Crippen LogP contribution in [-0.2, 0) is 4.79 Å². The van der Waals surface area contributed by atoms with Crippen LogP contribution in [0.15, 0.2) is 17.4 Å². The van der Waals surface area contributed by atoms with Gasteiger partial charge in [-0.2, -0.15) is 4.48 Å². The zero-order valence-electron chi connectivity index (χ0n) is 26.3. The molecule has 222 valence electrons. The molecule has 0 radical (unpaired) electrons. The Morgan fingerprint density at radius 2 is 0.895 bits per heavy atom. The average Bonchev–Trinajstić information content (AvgIpc) is 3.30. The molecule has 0 aromatic carbocycles. The highest BCUT2D eigenvalue weighted by molar-refractivity contribution is 5.90. The molecule has 38 heavy (non-hydrogen) atoms. The minimum absolute atomic E-state index is 0.327. The van der Waals surface area contributed by atoms with Gasteiger partial charge in [-0.25, -0.2) is 9.79 Å². The first kappa shape index (κ1) is 35.1. The monoisotopic (exact) mass is 532 g/mol. The van der Waals surface area contributed by atoms with Gasteiger partial charge in [0.1, 0.15) is 6.20 Å². The fraction of sp³-hybridized carbons (Fsp3) is 0.886. The maximum atomic E-state index is 13.0. The zero-order chi connectivity index (χ0) is 27.6. The molecule has 1 heterocycles. The number of amidine groups is 1. The van der Waals surface area contributed by atoms with Gasteiger partial charge in [0.15, 0.2) is 0 Å². The number of amides is 1. The molecule has 3 heteroatoms. The van der Waals surface area contributed by atoms with E-state index < -0.39 is 0 Å². The fourth-order valence-corrected chi connectivity index (χ4v) is 5.81. The molecule has 0 aliphatic carbocycles. The third-order valence-electron chi connectivity index (χ3n) is 8.64. The SMILES string of the molecule is CCCCCCCCCCCCCCCCCCC1=NC=C[N+]1(C)C(=O)CCCCCCCCCCCC. The number of carbonyl (C=O) groups is 1. The number of aliphatic imine (C=N–C) groups is 1. The van der Waals surface area contributed by atoms with E-state index in [0.717, 1.165) is 25.1 Å². The molecule has 3 nitrogen and oxygen atoms in total. The van der Waals surface area contributed by atoms with Crippen LogP contribution in [0.1, 0.15) is 194 Å². The Labute approximate surface area is 238 Å². The molecule has 1 rings (SSSR count). The second-order valence-electron chi connectivity index (χ2n) is 12.3. The van der Waals surface area contributed by atoms with Gasteiger partial charge < -0.3 is 0 Å². The molecule has 0 bridgehead atoms. The average molecular weight is 532 g/mol. The highest BCUT2D eigenvalue weighted by Gasteiger charge is 2.37. The Bertz CT molecular complexity index is 611. The van der Waals surface area contributed by atoms with Gasteiger partial charge in [0.2, 0.25) is 5.84 Å². The third kappa shape index (κ3) is 17.6. The van der Waals surface area contributed by atoms with Crippen LogP contribution in [0.3, 0.4) is 0 Å². The summed E-state index contributed by atoms with van der Waals surface area (Å²) < 4.78 is 0.330. The first-order valence-corrected chi connectivity index (χ1v) is 17.3. The molecule has 1 aliphatic heterocycles. The molecule has 1 unspecified atom stereocenters. The topological polar surface area (TPSA) is 29.4 Å². The lowest BCUT2D eigenvalue weighted by Crippen LogP contribution is -2.47. The van der Waals surface area contributed by atoms with Gasteiger partial charge in [-0.05, 0) is 12.8 Å². The van der Waals surface area contributed by atoms with E-state index >= 15 is 0 Å². The number of nitrogens with zero attached hydrogens (tertiary/aromatic N) is 2. The number of unbranched alkanes of at least 4 members (excludes halogenated alkanes) is 24. The summed E-state index contributed by atoms with van der Waals surface area (Å²) in [5, 5.41) is 0. The lowest BCUT2D eigenvalue weighted by molar-refractivity contribution is -0.683. The second kappa shape index (κ2) is 25.0. The smallest absolute Gasteiger partial charge is 0.230 e. The molecular formula is C35H67N2O+. The van der Waals surface area contributed by atoms with Crippen molar-refractivity contribution in [1.29, 1.82) is 0 Å². The summed E-state index contributed by atoms with van der Waals surface area (Å²) in [7, 11) is 2.05. The molecule has 0 N–H and O–H groups in total. The summed E-state index contributed by atoms with van der Waals surface area (Å²) in [5.74, 6) is 1.39. The van der Waals surface area contributed by atoms with E-state index in [9.17, 15) is 4.79 Å². The lowest BCUT2D eigenvalue weighted by atomic mass is 10.0. The molecule has 1 amide bonds. The summed E-state index contributed by atoms with van der Waals surface area (Å²) in [5.41, 5.74) is 0. The molecule has 0 fully saturated rings. The van der Waals surface area contributed by atoms with Crippen LogP contribution in [0.25, 0.3) is 0 Å². The molecule has 1 atom stereocenters. The fourth-order valence-electron chi connectivity index (χ4n) is 5.81. The van der Waals surface area contributed by atoms with Gasteiger partial charge >= 0.3 is 5.91 Å². The second-order valence-corrected chi connectivity index (χ2v) is 12.3. The van der Waals surface area contributed by atoms with Crippen molar-refractivity contribution in [2.75, 3.05) is 7.05 Å². The van der Waals surface area contributed by atoms with Gasteiger partial charge in [-0.1, -0.05) is 168 Å². The quantitative estimate of drug-likeness (QED) is 0.0729. The number of hydrogen-bond acceptors (Lipinski definition) is 2. The molecule has 0 aromatic heterocycles. The van der Waals surface area contributed by atoms with Crippen LogP contribution in [-0.4, -0.2) is 23.3 Å². The molecule has 0 saturated carbocycles. The van der Waals surface area contributed by atoms with Gasteiger partial charge in [-0.3, -0.25) is 0 Å². The summed E-state index contributed by atoms with van der Waals surface area (Å²) in [4.78, 5) is 17.6. The Morgan fingerprint density at radius 3 is 1.29 bits per heavy atom. The zero-order valence-corrected chi connectivity index (χ0v) is 26.3. The molecule has 1 aliphatic rings. The van der Waals surface area contributed by atoms with Gasteiger partial charge in [0.25, 0.3) is 0 Å². The molecule has 0 saturated heterocycles. The Morgan fingerprint density at radius 1 is 0.553 bits per heavy atom. The highest BCUT2D eigenvalue weighted by Crippen LogP contribution is 2.22. The van der Waals surface area contributed by atoms with Crippen molar-refractivity contribution in [1.82, 2.24) is 0 Å². The lowest BCUT2D eigenvalue weighted by Gasteiger charge is -2.25. The van der Waals surface area contributed by atoms with Gasteiger partial charge in [0, 0.05) is 6.42 Å². The van der Waals surface area contributed by atoms with E-state index in [0.29, 0.717) is 16.8 Å². The van der Waals surface area contributed by atoms with Crippen molar-refractivity contribution in [3.8, 4) is 0 Å². The first-order chi connectivity index (χ1) is 18.6. The Hall–Kier alpha value is -0.960. The van der Waals surface area contributed by atoms with E-state index in [1.54, 1.807) is 0 Å². The van der Waals surface area contributed by atoms with Crippen LogP contribution < -0.4 is 0 Å². The summed E-state index contributed by atoms with van der Waals surface area (Å²) >= 11 is 0. The van der Waals surface area contributed by atoms with Gasteiger partial charge in [0.05, 0.1) is 19.7 Å². The summed E-state index contributed by atoms with van der Waals surface area (Å²) in [6, 6.07) is 0. The van der Waals surface area contributed by atoms with E-state index in [2.05, 4.69) is 18.8 Å². The summed E-state index contributed by atoms with van der Waals surface area (Å²) in [6.07, 6.45) is 40.9. The maximum Gasteiger partial charge on any atom is 0.324 e. The van der Waals surface area contributed by atoms with E-state index in [1.807, 2.05) is 19.4 Å².